The fraction of sp³-hybridized carbons (Fsp3) is 0.800. The third kappa shape index (κ3) is 6.75. The Morgan fingerprint density at radius 1 is 1.50 bits per heavy atom. The van der Waals surface area contributed by atoms with Crippen LogP contribution in [0.5, 0.6) is 0 Å². The molecule has 0 radical (unpaired) electrons. The van der Waals surface area contributed by atoms with E-state index in [0.717, 1.165) is 7.11 Å². The molecule has 0 amide bonds. The van der Waals surface area contributed by atoms with Crippen LogP contribution in [0.1, 0.15) is 0 Å². The second-order valence-corrected chi connectivity index (χ2v) is 1.69. The summed E-state index contributed by atoms with van der Waals surface area (Å²) in [6.07, 6.45) is 0. The molecule has 7 nitrogen and oxygen atoms in total. The van der Waals surface area contributed by atoms with Gasteiger partial charge in [-0.2, -0.15) is 9.68 Å². The van der Waals surface area contributed by atoms with E-state index in [1.54, 1.807) is 0 Å². The number of nitrogens with zero attached hydrogens (tertiary/aromatic N) is 1. The summed E-state index contributed by atoms with van der Waals surface area (Å²) >= 11 is 0. The number of carboxylic acids is 1. The monoisotopic (exact) mass is 180 g/mol. The highest BCUT2D eigenvalue weighted by Gasteiger charge is 2.07. The predicted octanol–water partition coefficient (Wildman–Crippen LogP) is -0.641. The van der Waals surface area contributed by atoms with Gasteiger partial charge in [0.2, 0.25) is 0 Å². The molecule has 0 atom stereocenters. The molecule has 0 aliphatic rings. The average Bonchev–Trinajstić information content (AvgIpc) is 2.03. The zero-order chi connectivity index (χ0) is 9.40. The van der Waals surface area contributed by atoms with E-state index in [1.807, 2.05) is 0 Å². The van der Waals surface area contributed by atoms with Gasteiger partial charge in [-0.25, -0.2) is 4.79 Å². The molecule has 12 heavy (non-hydrogen) atoms. The number of carbonyl (C=O) groups is 1. The van der Waals surface area contributed by atoms with Crippen molar-refractivity contribution < 1.29 is 29.4 Å². The molecule has 0 aromatic rings. The molecule has 0 bridgehead atoms. The molecule has 0 aliphatic carbocycles. The van der Waals surface area contributed by atoms with E-state index < -0.39 is 12.6 Å². The van der Waals surface area contributed by atoms with Gasteiger partial charge in [0.05, 0.1) is 6.61 Å². The molecule has 0 rings (SSSR count). The summed E-state index contributed by atoms with van der Waals surface area (Å²) in [6.45, 7) is -0.436. The van der Waals surface area contributed by atoms with Crippen molar-refractivity contribution in [3.63, 3.8) is 0 Å². The van der Waals surface area contributed by atoms with Crippen LogP contribution < -0.4 is 0 Å². The van der Waals surface area contributed by atoms with Gasteiger partial charge in [0, 0.05) is 0 Å². The zero-order valence-electron chi connectivity index (χ0n) is 6.56. The summed E-state index contributed by atoms with van der Waals surface area (Å²) in [6, 6.07) is 0. The summed E-state index contributed by atoms with van der Waals surface area (Å²) in [7, 11) is 1.14. The summed E-state index contributed by atoms with van der Waals surface area (Å²) in [5, 5.41) is 8.01. The quantitative estimate of drug-likeness (QED) is 0.414. The van der Waals surface area contributed by atoms with Gasteiger partial charge in [-0.05, 0) is 0 Å². The number of ether oxygens (including phenoxy) is 1. The third-order valence-electron chi connectivity index (χ3n) is 0.799. The molecule has 0 aliphatic heterocycles. The smallest absolute Gasteiger partial charge is 0.477 e. The lowest BCUT2D eigenvalue weighted by Gasteiger charge is -1.95. The van der Waals surface area contributed by atoms with Crippen molar-refractivity contribution in [2.24, 2.45) is 0 Å². The van der Waals surface area contributed by atoms with Gasteiger partial charge < -0.3 is 9.84 Å². The fourth-order valence-corrected chi connectivity index (χ4v) is 0.383. The lowest BCUT2D eigenvalue weighted by atomic mass is 10.7. The van der Waals surface area contributed by atoms with Gasteiger partial charge >= 0.3 is 11.1 Å². The van der Waals surface area contributed by atoms with Crippen LogP contribution in [-0.2, 0) is 19.2 Å². The molecule has 0 heterocycles. The van der Waals surface area contributed by atoms with Crippen molar-refractivity contribution in [1.82, 2.24) is 0 Å². The summed E-state index contributed by atoms with van der Waals surface area (Å²) in [4.78, 5) is 28.5. The molecule has 7 heteroatoms. The van der Waals surface area contributed by atoms with E-state index in [0.29, 0.717) is 0 Å². The van der Waals surface area contributed by atoms with Gasteiger partial charge in [0.1, 0.15) is 11.5 Å². The van der Waals surface area contributed by atoms with Crippen molar-refractivity contribution in [3.8, 4) is 0 Å². The largest absolute Gasteiger partial charge is 0.480 e. The van der Waals surface area contributed by atoms with E-state index in [4.69, 9.17) is 5.11 Å². The predicted molar refractivity (Wildman–Crippen MR) is 35.0 cm³/mol. The molecule has 0 saturated carbocycles. The Balaban J connectivity index is 3.11. The first-order chi connectivity index (χ1) is 5.66. The minimum absolute atomic E-state index is 0.0222. The van der Waals surface area contributed by atoms with E-state index >= 15 is 0 Å². The highest BCUT2D eigenvalue weighted by molar-refractivity contribution is 5.67. The number of aliphatic carboxylic acids is 1. The minimum Gasteiger partial charge on any atom is -0.480 e. The Kier molecular flexibility index (Phi) is 5.62. The molecule has 1 N–H and O–H groups in total. The Morgan fingerprint density at radius 2 is 2.17 bits per heavy atom. The number of rotatable bonds is 7. The van der Waals surface area contributed by atoms with Crippen LogP contribution in [0.15, 0.2) is 0 Å². The van der Waals surface area contributed by atoms with Crippen molar-refractivity contribution in [2.45, 2.75) is 0 Å². The van der Waals surface area contributed by atoms with Gasteiger partial charge in [0.15, 0.2) is 13.7 Å². The molecular weight excluding hydrogens is 170 g/mol. The molecule has 70 valence electrons. The first-order valence-electron chi connectivity index (χ1n) is 3.10. The average molecular weight is 180 g/mol. The van der Waals surface area contributed by atoms with Crippen LogP contribution in [0.3, 0.4) is 0 Å². The Hall–Kier alpha value is -1.37. The molecule has 0 aromatic carbocycles. The first kappa shape index (κ1) is 10.6. The topological polar surface area (TPSA) is 85.1 Å². The van der Waals surface area contributed by atoms with E-state index in [-0.39, 0.29) is 18.3 Å². The van der Waals surface area contributed by atoms with Crippen LogP contribution in [0.2, 0.25) is 0 Å². The van der Waals surface area contributed by atoms with E-state index in [9.17, 15) is 9.70 Å². The van der Waals surface area contributed by atoms with Crippen LogP contribution >= 0.6 is 0 Å². The van der Waals surface area contributed by atoms with Crippen LogP contribution in [0, 0.1) is 4.91 Å². The third-order valence-corrected chi connectivity index (χ3v) is 0.799. The summed E-state index contributed by atoms with van der Waals surface area (Å²) in [5.41, 5.74) is 0. The molecular formula is C5H10NO6+. The normalized spacial score (nSPS) is 9.08. The van der Waals surface area contributed by atoms with Gasteiger partial charge in [-0.1, -0.05) is 0 Å². The van der Waals surface area contributed by atoms with Gasteiger partial charge in [-0.3, -0.25) is 0 Å². The SMILES string of the molecule is CO[N+](=O)OCCOCC(=O)O. The molecule has 0 saturated heterocycles. The van der Waals surface area contributed by atoms with Crippen molar-refractivity contribution in [3.05, 3.63) is 4.91 Å². The van der Waals surface area contributed by atoms with Crippen molar-refractivity contribution in [1.29, 1.82) is 0 Å². The highest BCUT2D eigenvalue weighted by atomic mass is 17.0. The first-order valence-corrected chi connectivity index (χ1v) is 3.10. The second-order valence-electron chi connectivity index (χ2n) is 1.69. The minimum atomic E-state index is -1.07. The number of hydrogen-bond donors (Lipinski definition) is 1. The molecule has 0 unspecified atom stereocenters. The Bertz CT molecular complexity index is 158. The number of hydrogen-bond acceptors (Lipinski definition) is 5. The van der Waals surface area contributed by atoms with Crippen molar-refractivity contribution in [2.75, 3.05) is 26.9 Å². The highest BCUT2D eigenvalue weighted by Crippen LogP contribution is 1.80. The molecule has 0 fully saturated rings. The Labute approximate surface area is 68.3 Å². The summed E-state index contributed by atoms with van der Waals surface area (Å²) in [5.74, 6) is -1.07. The maximum Gasteiger partial charge on any atom is 0.477 e. The fourth-order valence-electron chi connectivity index (χ4n) is 0.383. The molecule has 0 aromatic heterocycles. The lowest BCUT2D eigenvalue weighted by Crippen LogP contribution is -2.15. The maximum atomic E-state index is 10.2. The van der Waals surface area contributed by atoms with E-state index in [1.165, 1.54) is 0 Å². The van der Waals surface area contributed by atoms with Crippen LogP contribution in [0.4, 0.5) is 0 Å². The van der Waals surface area contributed by atoms with Gasteiger partial charge in [0.25, 0.3) is 0 Å². The lowest BCUT2D eigenvalue weighted by molar-refractivity contribution is -0.977. The standard InChI is InChI=1S/C5H9NO6/c1-10-6(9)12-3-2-11-4-5(7)8/h2-4H2,1H3/p+1. The zero-order valence-corrected chi connectivity index (χ0v) is 6.56. The Morgan fingerprint density at radius 3 is 2.67 bits per heavy atom. The van der Waals surface area contributed by atoms with Crippen LogP contribution in [-0.4, -0.2) is 43.1 Å². The number of carboxylic acid groups (broad SMARTS) is 1. The van der Waals surface area contributed by atoms with E-state index in [2.05, 4.69) is 14.4 Å². The maximum absolute atomic E-state index is 10.2. The van der Waals surface area contributed by atoms with Gasteiger partial charge in [-0.15, -0.1) is 0 Å². The van der Waals surface area contributed by atoms with Crippen molar-refractivity contribution >= 4 is 5.97 Å². The second kappa shape index (κ2) is 6.35. The van der Waals surface area contributed by atoms with Crippen LogP contribution in [0.25, 0.3) is 0 Å². The molecule has 0 spiro atoms. The summed E-state index contributed by atoms with van der Waals surface area (Å²) < 4.78 is 4.54.